The van der Waals surface area contributed by atoms with Crippen molar-refractivity contribution < 1.29 is 18.4 Å². The number of nitrogens with one attached hydrogen (secondary N) is 1. The number of rotatable bonds is 5. The summed E-state index contributed by atoms with van der Waals surface area (Å²) in [7, 11) is -1.34. The zero-order valence-electron chi connectivity index (χ0n) is 17.1. The first-order chi connectivity index (χ1) is 13.4. The van der Waals surface area contributed by atoms with Crippen LogP contribution in [-0.2, 0) is 26.0 Å². The van der Waals surface area contributed by atoms with Crippen molar-refractivity contribution in [2.24, 2.45) is 0 Å². The molecule has 0 aliphatic carbocycles. The molecule has 0 spiro atoms. The molecule has 3 aromatic rings. The van der Waals surface area contributed by atoms with E-state index in [0.717, 1.165) is 16.6 Å². The van der Waals surface area contributed by atoms with Crippen LogP contribution in [0.15, 0.2) is 41.7 Å². The van der Waals surface area contributed by atoms with Crippen LogP contribution in [0.4, 0.5) is 0 Å². The number of pyridine rings is 1. The van der Waals surface area contributed by atoms with Gasteiger partial charge in [-0.2, -0.15) is 0 Å². The second-order valence-electron chi connectivity index (χ2n) is 7.19. The Morgan fingerprint density at radius 3 is 2.69 bits per heavy atom. The second kappa shape index (κ2) is 9.24. The molecule has 7 nitrogen and oxygen atoms in total. The molecule has 1 fully saturated rings. The fourth-order valence-electron chi connectivity index (χ4n) is 2.99. The number of para-hydroxylation sites is 2. The molecule has 0 amide bonds. The van der Waals surface area contributed by atoms with Gasteiger partial charge in [0, 0.05) is 41.3 Å². The third-order valence-corrected chi connectivity index (χ3v) is 5.80. The number of nitrogens with zero attached hydrogens (tertiary/aromatic N) is 2. The van der Waals surface area contributed by atoms with Crippen molar-refractivity contribution in [1.29, 1.82) is 0 Å². The van der Waals surface area contributed by atoms with Crippen LogP contribution in [0.25, 0.3) is 11.0 Å². The van der Waals surface area contributed by atoms with Gasteiger partial charge in [0.1, 0.15) is 11.9 Å². The van der Waals surface area contributed by atoms with E-state index in [0.29, 0.717) is 29.8 Å². The Kier molecular flexibility index (Phi) is 7.14. The molecule has 0 bridgehead atoms. The minimum atomic E-state index is -1.34. The first-order valence-corrected chi connectivity index (χ1v) is 10.5. The normalized spacial score (nSPS) is 17.6. The molecule has 149 valence electrons. The molecule has 1 atom stereocenters. The van der Waals surface area contributed by atoms with Crippen molar-refractivity contribution in [1.82, 2.24) is 15.0 Å². The van der Waals surface area contributed by atoms with Gasteiger partial charge in [0.05, 0.1) is 46.5 Å². The quantitative estimate of drug-likeness (QED) is 0.634. The van der Waals surface area contributed by atoms with Crippen LogP contribution in [0.5, 0.6) is 5.75 Å². The van der Waals surface area contributed by atoms with E-state index in [1.54, 1.807) is 6.20 Å². The molecular formula is C20H23N3NaO4S. The van der Waals surface area contributed by atoms with Gasteiger partial charge in [-0.25, -0.2) is 4.98 Å². The number of aromatic amines is 1. The maximum absolute atomic E-state index is 12.8. The summed E-state index contributed by atoms with van der Waals surface area (Å²) < 4.78 is 30.1. The predicted octanol–water partition coefficient (Wildman–Crippen LogP) is 2.72. The Bertz CT molecular complexity index is 981. The van der Waals surface area contributed by atoms with Gasteiger partial charge in [-0.3, -0.25) is 9.19 Å². The van der Waals surface area contributed by atoms with Gasteiger partial charge < -0.3 is 19.2 Å². The zero-order valence-corrected chi connectivity index (χ0v) is 19.9. The summed E-state index contributed by atoms with van der Waals surface area (Å²) in [5.74, 6) is 0.374. The van der Waals surface area contributed by atoms with Gasteiger partial charge in [-0.1, -0.05) is 12.1 Å². The summed E-state index contributed by atoms with van der Waals surface area (Å²) in [5.41, 5.74) is 3.24. The summed E-state index contributed by atoms with van der Waals surface area (Å²) in [5, 5.41) is 0.449. The van der Waals surface area contributed by atoms with Gasteiger partial charge in [-0.15, -0.1) is 0 Å². The number of benzene rings is 1. The Labute approximate surface area is 194 Å². The first kappa shape index (κ1) is 22.4. The van der Waals surface area contributed by atoms with Crippen LogP contribution < -0.4 is 4.74 Å². The van der Waals surface area contributed by atoms with Gasteiger partial charge in [0.25, 0.3) is 0 Å². The topological polar surface area (TPSA) is 86.3 Å². The fourth-order valence-corrected chi connectivity index (χ4v) is 4.09. The van der Waals surface area contributed by atoms with Gasteiger partial charge in [-0.05, 0) is 39.0 Å². The molecule has 1 aliphatic rings. The number of hydrogen-bond donors (Lipinski definition) is 1. The van der Waals surface area contributed by atoms with E-state index in [9.17, 15) is 4.21 Å². The SMILES string of the molecule is Cc1c(OC2COC(C)(C)OC2)ccnc1CS(=O)c1nc2ccccc2[nH]1.[Na]. The molecule has 4 rings (SSSR count). The average molecular weight is 424 g/mol. The van der Waals surface area contributed by atoms with Crippen molar-refractivity contribution in [2.75, 3.05) is 13.2 Å². The molecule has 1 unspecified atom stereocenters. The second-order valence-corrected chi connectivity index (χ2v) is 8.56. The number of ether oxygens (including phenoxy) is 3. The Hall–Kier alpha value is -1.29. The van der Waals surface area contributed by atoms with Gasteiger partial charge in [0.15, 0.2) is 10.9 Å². The standard InChI is InChI=1S/C20H23N3O4S.Na/c1-13-17(12-28(24)19-22-15-6-4-5-7-16(15)23-19)21-9-8-18(13)27-14-10-25-20(2,3)26-11-14;/h4-9,14H,10-12H2,1-3H3,(H,22,23);. The number of imidazole rings is 1. The Morgan fingerprint density at radius 1 is 1.24 bits per heavy atom. The van der Waals surface area contributed by atoms with Crippen LogP contribution >= 0.6 is 0 Å². The molecule has 0 saturated carbocycles. The minimum Gasteiger partial charge on any atom is -0.485 e. The van der Waals surface area contributed by atoms with Gasteiger partial charge >= 0.3 is 0 Å². The number of fused-ring (bicyclic) bond motifs is 1. The smallest absolute Gasteiger partial charge is 0.197 e. The Morgan fingerprint density at radius 2 is 1.97 bits per heavy atom. The van der Waals surface area contributed by atoms with Crippen molar-refractivity contribution in [3.05, 3.63) is 47.8 Å². The molecule has 1 N–H and O–H groups in total. The molecule has 3 heterocycles. The zero-order chi connectivity index (χ0) is 19.7. The summed E-state index contributed by atoms with van der Waals surface area (Å²) in [4.78, 5) is 11.9. The molecule has 1 aromatic carbocycles. The molecule has 9 heteroatoms. The average Bonchev–Trinajstić information content (AvgIpc) is 3.11. The van der Waals surface area contributed by atoms with E-state index < -0.39 is 16.6 Å². The molecule has 1 radical (unpaired) electrons. The number of hydrogen-bond acceptors (Lipinski definition) is 6. The van der Waals surface area contributed by atoms with Crippen molar-refractivity contribution in [3.8, 4) is 5.75 Å². The fraction of sp³-hybridized carbons (Fsp3) is 0.400. The molecule has 29 heavy (non-hydrogen) atoms. The van der Waals surface area contributed by atoms with Crippen molar-refractivity contribution in [3.63, 3.8) is 0 Å². The summed E-state index contributed by atoms with van der Waals surface area (Å²) in [6.07, 6.45) is 1.48. The number of H-pyrrole nitrogens is 1. The van der Waals surface area contributed by atoms with Crippen molar-refractivity contribution >= 4 is 51.4 Å². The van der Waals surface area contributed by atoms with E-state index in [2.05, 4.69) is 15.0 Å². The number of aromatic nitrogens is 3. The van der Waals surface area contributed by atoms with Gasteiger partial charge in [0.2, 0.25) is 0 Å². The van der Waals surface area contributed by atoms with E-state index in [1.165, 1.54) is 0 Å². The van der Waals surface area contributed by atoms with Crippen molar-refractivity contribution in [2.45, 2.75) is 43.6 Å². The van der Waals surface area contributed by atoms with Crippen LogP contribution in [0.2, 0.25) is 0 Å². The largest absolute Gasteiger partial charge is 0.485 e. The maximum atomic E-state index is 12.8. The van der Waals surface area contributed by atoms with Crippen LogP contribution in [0, 0.1) is 6.92 Å². The first-order valence-electron chi connectivity index (χ1n) is 9.13. The third kappa shape index (κ3) is 5.25. The predicted molar refractivity (Wildman–Crippen MR) is 111 cm³/mol. The molecule has 1 saturated heterocycles. The van der Waals surface area contributed by atoms with Crippen LogP contribution in [0.3, 0.4) is 0 Å². The summed E-state index contributed by atoms with van der Waals surface area (Å²) >= 11 is 0. The van der Waals surface area contributed by atoms with E-state index in [4.69, 9.17) is 14.2 Å². The Balaban J connectivity index is 0.00000240. The minimum absolute atomic E-state index is 0. The molecular weight excluding hydrogens is 401 g/mol. The van der Waals surface area contributed by atoms with Crippen LogP contribution in [-0.4, -0.2) is 73.8 Å². The van der Waals surface area contributed by atoms with E-state index in [-0.39, 0.29) is 41.4 Å². The summed E-state index contributed by atoms with van der Waals surface area (Å²) in [6.45, 7) is 6.59. The maximum Gasteiger partial charge on any atom is 0.197 e. The molecule has 2 aromatic heterocycles. The van der Waals surface area contributed by atoms with E-state index >= 15 is 0 Å². The summed E-state index contributed by atoms with van der Waals surface area (Å²) in [6, 6.07) is 9.43. The molecule has 1 aliphatic heterocycles. The van der Waals surface area contributed by atoms with Crippen LogP contribution in [0.1, 0.15) is 25.1 Å². The third-order valence-electron chi connectivity index (χ3n) is 4.64. The van der Waals surface area contributed by atoms with E-state index in [1.807, 2.05) is 51.1 Å². The monoisotopic (exact) mass is 424 g/mol.